The van der Waals surface area contributed by atoms with Crippen LogP contribution in [-0.2, 0) is 4.79 Å². The molecule has 0 aliphatic heterocycles. The van der Waals surface area contributed by atoms with Crippen LogP contribution >= 0.6 is 12.6 Å². The number of allylic oxidation sites excluding steroid dienone is 2. The molecule has 0 aliphatic rings. The molecule has 0 saturated carbocycles. The third-order valence-corrected chi connectivity index (χ3v) is 4.20. The lowest BCUT2D eigenvalue weighted by Crippen LogP contribution is -1.96. The van der Waals surface area contributed by atoms with E-state index in [0.29, 0.717) is 11.7 Å². The zero-order valence-electron chi connectivity index (χ0n) is 13.7. The van der Waals surface area contributed by atoms with E-state index in [-0.39, 0.29) is 0 Å². The number of aliphatic carboxylic acids is 1. The molecular formula is C18H34O2S. The Morgan fingerprint density at radius 1 is 1.00 bits per heavy atom. The second-order valence-electron chi connectivity index (χ2n) is 5.91. The average Bonchev–Trinajstić information content (AvgIpc) is 2.45. The van der Waals surface area contributed by atoms with Crippen molar-refractivity contribution in [2.45, 2.75) is 95.6 Å². The molecule has 0 aromatic carbocycles. The molecule has 0 spiro atoms. The minimum atomic E-state index is -0.672. The zero-order valence-corrected chi connectivity index (χ0v) is 14.6. The van der Waals surface area contributed by atoms with Crippen LogP contribution in [0.25, 0.3) is 0 Å². The first-order valence-corrected chi connectivity index (χ1v) is 9.23. The lowest BCUT2D eigenvalue weighted by molar-refractivity contribution is -0.137. The quantitative estimate of drug-likeness (QED) is 0.220. The summed E-state index contributed by atoms with van der Waals surface area (Å²) in [7, 11) is 0. The van der Waals surface area contributed by atoms with Crippen LogP contribution in [0.15, 0.2) is 12.2 Å². The Morgan fingerprint density at radius 3 is 2.38 bits per heavy atom. The number of unbranched alkanes of at least 4 members (excludes halogenated alkanes) is 8. The maximum absolute atomic E-state index is 10.3. The number of thiol groups is 1. The van der Waals surface area contributed by atoms with Crippen molar-refractivity contribution in [3.05, 3.63) is 12.2 Å². The van der Waals surface area contributed by atoms with Crippen molar-refractivity contribution in [3.63, 3.8) is 0 Å². The van der Waals surface area contributed by atoms with Gasteiger partial charge in [-0.2, -0.15) is 12.6 Å². The van der Waals surface area contributed by atoms with Crippen LogP contribution < -0.4 is 0 Å². The minimum Gasteiger partial charge on any atom is -0.481 e. The Kier molecular flexibility index (Phi) is 15.6. The molecule has 0 fully saturated rings. The van der Waals surface area contributed by atoms with Crippen molar-refractivity contribution < 1.29 is 9.90 Å². The molecule has 0 amide bonds. The Morgan fingerprint density at radius 2 is 1.67 bits per heavy atom. The molecule has 0 rings (SSSR count). The van der Waals surface area contributed by atoms with Crippen molar-refractivity contribution in [1.82, 2.24) is 0 Å². The van der Waals surface area contributed by atoms with Crippen LogP contribution in [0.4, 0.5) is 0 Å². The van der Waals surface area contributed by atoms with E-state index in [1.165, 1.54) is 44.9 Å². The van der Waals surface area contributed by atoms with Gasteiger partial charge < -0.3 is 5.11 Å². The lowest BCUT2D eigenvalue weighted by Gasteiger charge is -2.07. The standard InChI is InChI=1S/C18H34O2S/c1-2-3-4-11-14-17(21)15-12-9-7-5-6-8-10-13-16-18(19)20/h9,12,17,21H,2-8,10-11,13-16H2,1H3,(H,19,20)/t17-/m0/s1. The van der Waals surface area contributed by atoms with Crippen molar-refractivity contribution >= 4 is 18.6 Å². The highest BCUT2D eigenvalue weighted by atomic mass is 32.1. The summed E-state index contributed by atoms with van der Waals surface area (Å²) in [6.07, 6.45) is 19.1. The fraction of sp³-hybridized carbons (Fsp3) is 0.833. The molecule has 21 heavy (non-hydrogen) atoms. The predicted molar refractivity (Wildman–Crippen MR) is 95.2 cm³/mol. The van der Waals surface area contributed by atoms with Gasteiger partial charge in [-0.25, -0.2) is 0 Å². The summed E-state index contributed by atoms with van der Waals surface area (Å²) in [5.74, 6) is -0.672. The molecule has 0 bridgehead atoms. The zero-order chi connectivity index (χ0) is 15.8. The molecule has 0 heterocycles. The van der Waals surface area contributed by atoms with E-state index in [0.717, 1.165) is 32.1 Å². The average molecular weight is 315 g/mol. The van der Waals surface area contributed by atoms with Crippen LogP contribution in [0.2, 0.25) is 0 Å². The van der Waals surface area contributed by atoms with Gasteiger partial charge in [0.15, 0.2) is 0 Å². The van der Waals surface area contributed by atoms with Gasteiger partial charge in [0.1, 0.15) is 0 Å². The summed E-state index contributed by atoms with van der Waals surface area (Å²) >= 11 is 4.63. The largest absolute Gasteiger partial charge is 0.481 e. The first-order valence-electron chi connectivity index (χ1n) is 8.71. The van der Waals surface area contributed by atoms with Gasteiger partial charge in [-0.1, -0.05) is 64.0 Å². The smallest absolute Gasteiger partial charge is 0.303 e. The summed E-state index contributed by atoms with van der Waals surface area (Å²) in [6, 6.07) is 0. The normalized spacial score (nSPS) is 12.9. The molecule has 0 aromatic rings. The molecule has 0 aliphatic carbocycles. The fourth-order valence-corrected chi connectivity index (χ4v) is 2.67. The van der Waals surface area contributed by atoms with E-state index in [1.54, 1.807) is 0 Å². The van der Waals surface area contributed by atoms with E-state index in [2.05, 4.69) is 31.7 Å². The number of carboxylic acids is 1. The van der Waals surface area contributed by atoms with Gasteiger partial charge in [0.2, 0.25) is 0 Å². The number of carbonyl (C=O) groups is 1. The monoisotopic (exact) mass is 314 g/mol. The maximum atomic E-state index is 10.3. The predicted octanol–water partition coefficient (Wildman–Crippen LogP) is 6.02. The molecular weight excluding hydrogens is 280 g/mol. The summed E-state index contributed by atoms with van der Waals surface area (Å²) in [5.41, 5.74) is 0. The number of hydrogen-bond acceptors (Lipinski definition) is 2. The second-order valence-corrected chi connectivity index (χ2v) is 6.64. The number of hydrogen-bond donors (Lipinski definition) is 2. The van der Waals surface area contributed by atoms with Crippen molar-refractivity contribution in [2.75, 3.05) is 0 Å². The SMILES string of the molecule is CCCCCC[C@H](S)CC=CCCCCCCCC(=O)O. The highest BCUT2D eigenvalue weighted by molar-refractivity contribution is 7.80. The molecule has 0 radical (unpaired) electrons. The summed E-state index contributed by atoms with van der Waals surface area (Å²) < 4.78 is 0. The van der Waals surface area contributed by atoms with Crippen LogP contribution in [0.3, 0.4) is 0 Å². The minimum absolute atomic E-state index is 0.321. The van der Waals surface area contributed by atoms with Crippen LogP contribution in [-0.4, -0.2) is 16.3 Å². The lowest BCUT2D eigenvalue weighted by atomic mass is 10.1. The van der Waals surface area contributed by atoms with Gasteiger partial charge >= 0.3 is 5.97 Å². The van der Waals surface area contributed by atoms with E-state index in [9.17, 15) is 4.79 Å². The molecule has 124 valence electrons. The van der Waals surface area contributed by atoms with E-state index < -0.39 is 5.97 Å². The summed E-state index contributed by atoms with van der Waals surface area (Å²) in [5, 5.41) is 9.05. The fourth-order valence-electron chi connectivity index (χ4n) is 2.36. The Bertz CT molecular complexity index is 264. The van der Waals surface area contributed by atoms with Crippen molar-refractivity contribution in [3.8, 4) is 0 Å². The van der Waals surface area contributed by atoms with Gasteiger partial charge in [-0.05, 0) is 32.1 Å². The Labute approximate surface area is 136 Å². The second kappa shape index (κ2) is 15.9. The first kappa shape index (κ1) is 20.6. The third-order valence-electron chi connectivity index (χ3n) is 3.73. The van der Waals surface area contributed by atoms with Gasteiger partial charge in [0.25, 0.3) is 0 Å². The first-order chi connectivity index (χ1) is 10.2. The number of rotatable bonds is 15. The van der Waals surface area contributed by atoms with Gasteiger partial charge in [-0.3, -0.25) is 4.79 Å². The maximum Gasteiger partial charge on any atom is 0.303 e. The molecule has 0 aromatic heterocycles. The summed E-state index contributed by atoms with van der Waals surface area (Å²) in [6.45, 7) is 2.24. The highest BCUT2D eigenvalue weighted by Crippen LogP contribution is 2.14. The molecule has 3 heteroatoms. The van der Waals surface area contributed by atoms with E-state index >= 15 is 0 Å². The molecule has 0 unspecified atom stereocenters. The van der Waals surface area contributed by atoms with Crippen LogP contribution in [0, 0.1) is 0 Å². The summed E-state index contributed by atoms with van der Waals surface area (Å²) in [4.78, 5) is 10.3. The highest BCUT2D eigenvalue weighted by Gasteiger charge is 2.00. The Hall–Kier alpha value is -0.440. The number of carboxylic acid groups (broad SMARTS) is 1. The van der Waals surface area contributed by atoms with Gasteiger partial charge in [0, 0.05) is 11.7 Å². The molecule has 1 N–H and O–H groups in total. The van der Waals surface area contributed by atoms with E-state index in [1.807, 2.05) is 0 Å². The Balaban J connectivity index is 3.26. The van der Waals surface area contributed by atoms with Crippen LogP contribution in [0.1, 0.15) is 90.4 Å². The molecule has 2 nitrogen and oxygen atoms in total. The molecule has 0 saturated heterocycles. The van der Waals surface area contributed by atoms with Crippen LogP contribution in [0.5, 0.6) is 0 Å². The van der Waals surface area contributed by atoms with E-state index in [4.69, 9.17) is 5.11 Å². The topological polar surface area (TPSA) is 37.3 Å². The van der Waals surface area contributed by atoms with Crippen molar-refractivity contribution in [2.24, 2.45) is 0 Å². The molecule has 1 atom stereocenters. The third kappa shape index (κ3) is 17.5. The van der Waals surface area contributed by atoms with Crippen molar-refractivity contribution in [1.29, 1.82) is 0 Å². The van der Waals surface area contributed by atoms with Gasteiger partial charge in [-0.15, -0.1) is 0 Å². The van der Waals surface area contributed by atoms with Gasteiger partial charge in [0.05, 0.1) is 0 Å².